The van der Waals surface area contributed by atoms with E-state index in [4.69, 9.17) is 0 Å². The molecular weight excluding hydrogens is 202 g/mol. The van der Waals surface area contributed by atoms with Crippen molar-refractivity contribution in [3.63, 3.8) is 0 Å². The van der Waals surface area contributed by atoms with E-state index in [0.29, 0.717) is 5.56 Å². The molecule has 1 aromatic heterocycles. The van der Waals surface area contributed by atoms with Gasteiger partial charge in [0.1, 0.15) is 0 Å². The second-order valence-corrected chi connectivity index (χ2v) is 4.16. The van der Waals surface area contributed by atoms with Crippen LogP contribution in [0.25, 0.3) is 0 Å². The Morgan fingerprint density at radius 2 is 2.38 bits per heavy atom. The van der Waals surface area contributed by atoms with Gasteiger partial charge in [-0.2, -0.15) is 0 Å². The summed E-state index contributed by atoms with van der Waals surface area (Å²) in [6, 6.07) is 1.80. The minimum atomic E-state index is -0.0434. The number of anilines is 1. The number of aromatic nitrogens is 1. The van der Waals surface area contributed by atoms with Crippen LogP contribution in [-0.4, -0.2) is 24.5 Å². The summed E-state index contributed by atoms with van der Waals surface area (Å²) in [6.45, 7) is 0.765. The molecule has 1 aromatic rings. The Bertz CT molecular complexity index is 374. The molecule has 1 saturated carbocycles. The number of hydrogen-bond donors (Lipinski definition) is 2. The first-order valence-electron chi connectivity index (χ1n) is 5.71. The molecule has 1 aliphatic carbocycles. The van der Waals surface area contributed by atoms with E-state index >= 15 is 0 Å². The topological polar surface area (TPSA) is 54.0 Å². The molecule has 2 rings (SSSR count). The number of carbonyl (C=O) groups is 1. The summed E-state index contributed by atoms with van der Waals surface area (Å²) in [6.07, 6.45) is 7.01. The first-order valence-corrected chi connectivity index (χ1v) is 5.71. The van der Waals surface area contributed by atoms with Crippen molar-refractivity contribution in [2.45, 2.75) is 19.3 Å². The van der Waals surface area contributed by atoms with E-state index in [9.17, 15) is 4.79 Å². The zero-order valence-corrected chi connectivity index (χ0v) is 9.49. The molecule has 2 N–H and O–H groups in total. The standard InChI is InChI=1S/C12H17N3O/c1-13-11-5-6-14-8-10(11)12(16)15-7-4-9-2-3-9/h5-6,8-9H,2-4,7H2,1H3,(H,13,14)(H,15,16). The maximum Gasteiger partial charge on any atom is 0.254 e. The lowest BCUT2D eigenvalue weighted by Crippen LogP contribution is -2.25. The highest BCUT2D eigenvalue weighted by Gasteiger charge is 2.20. The average Bonchev–Trinajstić information content (AvgIpc) is 3.13. The lowest BCUT2D eigenvalue weighted by molar-refractivity contribution is 0.0953. The number of nitrogens with one attached hydrogen (secondary N) is 2. The van der Waals surface area contributed by atoms with Crippen molar-refractivity contribution >= 4 is 11.6 Å². The van der Waals surface area contributed by atoms with Crippen LogP contribution in [0, 0.1) is 5.92 Å². The van der Waals surface area contributed by atoms with Gasteiger partial charge in [0.25, 0.3) is 5.91 Å². The fourth-order valence-electron chi connectivity index (χ4n) is 1.68. The second kappa shape index (κ2) is 4.96. The SMILES string of the molecule is CNc1ccncc1C(=O)NCCC1CC1. The quantitative estimate of drug-likeness (QED) is 0.791. The van der Waals surface area contributed by atoms with E-state index in [1.807, 2.05) is 0 Å². The van der Waals surface area contributed by atoms with E-state index in [-0.39, 0.29) is 5.91 Å². The maximum absolute atomic E-state index is 11.8. The smallest absolute Gasteiger partial charge is 0.254 e. The van der Waals surface area contributed by atoms with Gasteiger partial charge in [-0.25, -0.2) is 0 Å². The molecule has 0 unspecified atom stereocenters. The predicted octanol–water partition coefficient (Wildman–Crippen LogP) is 1.65. The summed E-state index contributed by atoms with van der Waals surface area (Å²) in [5.74, 6) is 0.802. The normalized spacial score (nSPS) is 14.6. The van der Waals surface area contributed by atoms with Gasteiger partial charge in [0, 0.05) is 31.7 Å². The van der Waals surface area contributed by atoms with Gasteiger partial charge >= 0.3 is 0 Å². The number of carbonyl (C=O) groups excluding carboxylic acids is 1. The number of amides is 1. The Labute approximate surface area is 95.5 Å². The summed E-state index contributed by atoms with van der Waals surface area (Å²) < 4.78 is 0. The Kier molecular flexibility index (Phi) is 3.39. The van der Waals surface area contributed by atoms with Crippen molar-refractivity contribution in [1.29, 1.82) is 0 Å². The molecule has 1 aliphatic rings. The summed E-state index contributed by atoms with van der Waals surface area (Å²) in [7, 11) is 1.80. The molecule has 1 amide bonds. The van der Waals surface area contributed by atoms with Crippen molar-refractivity contribution in [3.05, 3.63) is 24.0 Å². The van der Waals surface area contributed by atoms with Crippen LogP contribution in [0.1, 0.15) is 29.6 Å². The summed E-state index contributed by atoms with van der Waals surface area (Å²) >= 11 is 0. The van der Waals surface area contributed by atoms with Gasteiger partial charge in [0.2, 0.25) is 0 Å². The molecule has 1 fully saturated rings. The molecule has 86 valence electrons. The Balaban J connectivity index is 1.90. The van der Waals surface area contributed by atoms with Crippen LogP contribution in [0.15, 0.2) is 18.5 Å². The van der Waals surface area contributed by atoms with E-state index < -0.39 is 0 Å². The third-order valence-corrected chi connectivity index (χ3v) is 2.87. The molecule has 1 heterocycles. The van der Waals surface area contributed by atoms with Crippen molar-refractivity contribution in [3.8, 4) is 0 Å². The first kappa shape index (κ1) is 10.9. The Morgan fingerprint density at radius 3 is 3.06 bits per heavy atom. The molecule has 0 atom stereocenters. The molecular formula is C12H17N3O. The second-order valence-electron chi connectivity index (χ2n) is 4.16. The van der Waals surface area contributed by atoms with Crippen LogP contribution < -0.4 is 10.6 Å². The average molecular weight is 219 g/mol. The largest absolute Gasteiger partial charge is 0.387 e. The van der Waals surface area contributed by atoms with Gasteiger partial charge in [-0.1, -0.05) is 12.8 Å². The van der Waals surface area contributed by atoms with Crippen molar-refractivity contribution in [1.82, 2.24) is 10.3 Å². The van der Waals surface area contributed by atoms with Crippen molar-refractivity contribution < 1.29 is 4.79 Å². The van der Waals surface area contributed by atoms with Crippen LogP contribution in [0.4, 0.5) is 5.69 Å². The van der Waals surface area contributed by atoms with E-state index in [0.717, 1.165) is 24.6 Å². The lowest BCUT2D eigenvalue weighted by atomic mass is 10.2. The molecule has 4 heteroatoms. The lowest BCUT2D eigenvalue weighted by Gasteiger charge is -2.08. The third kappa shape index (κ3) is 2.72. The van der Waals surface area contributed by atoms with Gasteiger partial charge in [0.15, 0.2) is 0 Å². The molecule has 16 heavy (non-hydrogen) atoms. The zero-order valence-electron chi connectivity index (χ0n) is 9.49. The predicted molar refractivity (Wildman–Crippen MR) is 63.5 cm³/mol. The molecule has 0 radical (unpaired) electrons. The minimum absolute atomic E-state index is 0.0434. The summed E-state index contributed by atoms with van der Waals surface area (Å²) in [5.41, 5.74) is 1.43. The van der Waals surface area contributed by atoms with Crippen LogP contribution >= 0.6 is 0 Å². The van der Waals surface area contributed by atoms with Gasteiger partial charge in [-0.05, 0) is 18.4 Å². The van der Waals surface area contributed by atoms with E-state index in [1.54, 1.807) is 25.5 Å². The van der Waals surface area contributed by atoms with Crippen LogP contribution in [0.3, 0.4) is 0 Å². The fraction of sp³-hybridized carbons (Fsp3) is 0.500. The minimum Gasteiger partial charge on any atom is -0.387 e. The molecule has 0 spiro atoms. The molecule has 4 nitrogen and oxygen atoms in total. The van der Waals surface area contributed by atoms with E-state index in [1.165, 1.54) is 12.8 Å². The highest BCUT2D eigenvalue weighted by molar-refractivity contribution is 5.99. The van der Waals surface area contributed by atoms with E-state index in [2.05, 4.69) is 15.6 Å². The van der Waals surface area contributed by atoms with Gasteiger partial charge in [-0.3, -0.25) is 9.78 Å². The number of hydrogen-bond acceptors (Lipinski definition) is 3. The van der Waals surface area contributed by atoms with Crippen molar-refractivity contribution in [2.75, 3.05) is 18.9 Å². The summed E-state index contributed by atoms with van der Waals surface area (Å²) in [5, 5.41) is 5.91. The van der Waals surface area contributed by atoms with Crippen LogP contribution in [0.5, 0.6) is 0 Å². The Morgan fingerprint density at radius 1 is 1.56 bits per heavy atom. The maximum atomic E-state index is 11.8. The number of nitrogens with zero attached hydrogens (tertiary/aromatic N) is 1. The molecule has 0 bridgehead atoms. The van der Waals surface area contributed by atoms with Crippen LogP contribution in [0.2, 0.25) is 0 Å². The molecule has 0 aliphatic heterocycles. The Hall–Kier alpha value is -1.58. The number of pyridine rings is 1. The van der Waals surface area contributed by atoms with Gasteiger partial charge in [0.05, 0.1) is 5.56 Å². The highest BCUT2D eigenvalue weighted by atomic mass is 16.1. The molecule has 0 saturated heterocycles. The third-order valence-electron chi connectivity index (χ3n) is 2.87. The van der Waals surface area contributed by atoms with Gasteiger partial charge < -0.3 is 10.6 Å². The highest BCUT2D eigenvalue weighted by Crippen LogP contribution is 2.31. The first-order chi connectivity index (χ1) is 7.81. The van der Waals surface area contributed by atoms with Gasteiger partial charge in [-0.15, -0.1) is 0 Å². The monoisotopic (exact) mass is 219 g/mol. The summed E-state index contributed by atoms with van der Waals surface area (Å²) in [4.78, 5) is 15.8. The fourth-order valence-corrected chi connectivity index (χ4v) is 1.68. The van der Waals surface area contributed by atoms with Crippen molar-refractivity contribution in [2.24, 2.45) is 5.92 Å². The number of rotatable bonds is 5. The van der Waals surface area contributed by atoms with Crippen LogP contribution in [-0.2, 0) is 0 Å². The molecule has 0 aromatic carbocycles. The zero-order chi connectivity index (χ0) is 11.4.